The van der Waals surface area contributed by atoms with Crippen molar-refractivity contribution in [2.45, 2.75) is 30.5 Å². The number of thiazole rings is 1. The molecule has 7 heteroatoms. The summed E-state index contributed by atoms with van der Waals surface area (Å²) in [6.07, 6.45) is 0. The monoisotopic (exact) mass is 336 g/mol. The number of hydrogen-bond acceptors (Lipinski definition) is 5. The summed E-state index contributed by atoms with van der Waals surface area (Å²) in [7, 11) is 0. The van der Waals surface area contributed by atoms with Crippen LogP contribution in [0.25, 0.3) is 0 Å². The van der Waals surface area contributed by atoms with Crippen LogP contribution in [0.5, 0.6) is 0 Å². The quantitative estimate of drug-likeness (QED) is 0.793. The van der Waals surface area contributed by atoms with E-state index < -0.39 is 12.0 Å². The van der Waals surface area contributed by atoms with Gasteiger partial charge in [0.2, 0.25) is 0 Å². The molecule has 0 saturated carbocycles. The van der Waals surface area contributed by atoms with Gasteiger partial charge < -0.3 is 10.4 Å². The van der Waals surface area contributed by atoms with Gasteiger partial charge in [0, 0.05) is 21.6 Å². The summed E-state index contributed by atoms with van der Waals surface area (Å²) in [5.74, 6) is -0.660. The maximum Gasteiger partial charge on any atom is 0.325 e. The number of rotatable bonds is 6. The van der Waals surface area contributed by atoms with Gasteiger partial charge in [-0.15, -0.1) is 23.1 Å². The number of carbonyl (C=O) groups is 2. The van der Waals surface area contributed by atoms with Gasteiger partial charge in [0.05, 0.1) is 10.7 Å². The molecule has 0 aliphatic heterocycles. The highest BCUT2D eigenvalue weighted by Gasteiger charge is 2.15. The number of nitrogens with one attached hydrogen (secondary N) is 1. The molecule has 0 aliphatic rings. The zero-order valence-electron chi connectivity index (χ0n) is 12.2. The molecule has 0 bridgehead atoms. The standard InChI is InChI=1S/C15H16N2O3S2/c1-9(15(19)20)16-14(18)11-3-5-13(6-4-11)22-8-12-7-21-10(2)17-12/h3-7,9H,8H2,1-2H3,(H,16,18)(H,19,20). The van der Waals surface area contributed by atoms with Crippen molar-refractivity contribution in [1.29, 1.82) is 0 Å². The average molecular weight is 336 g/mol. The molecular formula is C15H16N2O3S2. The number of hydrogen-bond donors (Lipinski definition) is 2. The van der Waals surface area contributed by atoms with E-state index in [0.717, 1.165) is 21.3 Å². The smallest absolute Gasteiger partial charge is 0.325 e. The third kappa shape index (κ3) is 4.57. The van der Waals surface area contributed by atoms with Gasteiger partial charge >= 0.3 is 5.97 Å². The average Bonchev–Trinajstić information content (AvgIpc) is 2.91. The summed E-state index contributed by atoms with van der Waals surface area (Å²) in [6.45, 7) is 3.41. The highest BCUT2D eigenvalue weighted by atomic mass is 32.2. The Balaban J connectivity index is 1.92. The lowest BCUT2D eigenvalue weighted by atomic mass is 10.2. The Morgan fingerprint density at radius 1 is 1.36 bits per heavy atom. The van der Waals surface area contributed by atoms with E-state index in [4.69, 9.17) is 5.11 Å². The summed E-state index contributed by atoms with van der Waals surface area (Å²) < 4.78 is 0. The molecule has 5 nitrogen and oxygen atoms in total. The first-order valence-corrected chi connectivity index (χ1v) is 8.50. The SMILES string of the molecule is Cc1nc(CSc2ccc(C(=O)NC(C)C(=O)O)cc2)cs1. The number of carboxylic acid groups (broad SMARTS) is 1. The van der Waals surface area contributed by atoms with Crippen molar-refractivity contribution in [3.63, 3.8) is 0 Å². The molecule has 1 aromatic carbocycles. The second kappa shape index (κ2) is 7.42. The molecule has 1 unspecified atom stereocenters. The van der Waals surface area contributed by atoms with E-state index >= 15 is 0 Å². The van der Waals surface area contributed by atoms with Crippen molar-refractivity contribution in [2.75, 3.05) is 0 Å². The van der Waals surface area contributed by atoms with Gasteiger partial charge in [-0.3, -0.25) is 9.59 Å². The van der Waals surface area contributed by atoms with E-state index in [-0.39, 0.29) is 5.91 Å². The minimum atomic E-state index is -1.06. The van der Waals surface area contributed by atoms with Crippen LogP contribution in [0.1, 0.15) is 28.0 Å². The largest absolute Gasteiger partial charge is 0.480 e. The van der Waals surface area contributed by atoms with Gasteiger partial charge in [0.1, 0.15) is 6.04 Å². The normalized spacial score (nSPS) is 11.9. The number of benzene rings is 1. The van der Waals surface area contributed by atoms with Crippen LogP contribution in [-0.4, -0.2) is 28.0 Å². The highest BCUT2D eigenvalue weighted by Crippen LogP contribution is 2.23. The molecule has 1 heterocycles. The Morgan fingerprint density at radius 2 is 2.05 bits per heavy atom. The maximum absolute atomic E-state index is 11.9. The summed E-state index contributed by atoms with van der Waals surface area (Å²) in [4.78, 5) is 28.0. The Labute approximate surface area is 136 Å². The molecule has 1 aromatic heterocycles. The second-order valence-corrected chi connectivity index (χ2v) is 6.82. The van der Waals surface area contributed by atoms with Crippen LogP contribution < -0.4 is 5.32 Å². The first-order chi connectivity index (χ1) is 10.5. The number of aliphatic carboxylic acids is 1. The molecule has 22 heavy (non-hydrogen) atoms. The Kier molecular flexibility index (Phi) is 5.57. The van der Waals surface area contributed by atoms with Crippen LogP contribution in [-0.2, 0) is 10.5 Å². The predicted molar refractivity (Wildman–Crippen MR) is 87.4 cm³/mol. The van der Waals surface area contributed by atoms with Gasteiger partial charge in [0.15, 0.2) is 0 Å². The van der Waals surface area contributed by atoms with Crippen LogP contribution >= 0.6 is 23.1 Å². The van der Waals surface area contributed by atoms with Gasteiger partial charge in [0.25, 0.3) is 5.91 Å². The molecule has 2 aromatic rings. The van der Waals surface area contributed by atoms with Crippen LogP contribution in [0.2, 0.25) is 0 Å². The second-order valence-electron chi connectivity index (χ2n) is 4.70. The molecule has 2 N–H and O–H groups in total. The van der Waals surface area contributed by atoms with Gasteiger partial charge in [-0.25, -0.2) is 4.98 Å². The van der Waals surface area contributed by atoms with Crippen molar-refractivity contribution in [2.24, 2.45) is 0 Å². The number of aryl methyl sites for hydroxylation is 1. The van der Waals surface area contributed by atoms with Gasteiger partial charge in [-0.1, -0.05) is 0 Å². The molecular weight excluding hydrogens is 320 g/mol. The zero-order chi connectivity index (χ0) is 16.1. The fraction of sp³-hybridized carbons (Fsp3) is 0.267. The summed E-state index contributed by atoms with van der Waals surface area (Å²) in [6, 6.07) is 6.18. The topological polar surface area (TPSA) is 79.3 Å². The fourth-order valence-corrected chi connectivity index (χ4v) is 3.19. The number of aromatic nitrogens is 1. The number of nitrogens with zero attached hydrogens (tertiary/aromatic N) is 1. The molecule has 1 atom stereocenters. The number of carboxylic acids is 1. The minimum absolute atomic E-state index is 0.387. The Hall–Kier alpha value is -1.86. The Morgan fingerprint density at radius 3 is 2.59 bits per heavy atom. The van der Waals surface area contributed by atoms with E-state index in [2.05, 4.69) is 10.3 Å². The number of thioether (sulfide) groups is 1. The van der Waals surface area contributed by atoms with Gasteiger partial charge in [-0.05, 0) is 38.1 Å². The van der Waals surface area contributed by atoms with Crippen molar-refractivity contribution >= 4 is 35.0 Å². The predicted octanol–water partition coefficient (Wildman–Crippen LogP) is 2.95. The minimum Gasteiger partial charge on any atom is -0.480 e. The Bertz CT molecular complexity index is 668. The summed E-state index contributed by atoms with van der Waals surface area (Å²) in [5, 5.41) is 14.3. The van der Waals surface area contributed by atoms with Crippen molar-refractivity contribution in [3.8, 4) is 0 Å². The van der Waals surface area contributed by atoms with Crippen LogP contribution in [0.3, 0.4) is 0 Å². The van der Waals surface area contributed by atoms with E-state index in [1.54, 1.807) is 35.2 Å². The lowest BCUT2D eigenvalue weighted by Crippen LogP contribution is -2.38. The van der Waals surface area contributed by atoms with Crippen molar-refractivity contribution in [3.05, 3.63) is 45.9 Å². The molecule has 1 amide bonds. The van der Waals surface area contributed by atoms with Crippen LogP contribution in [0, 0.1) is 6.92 Å². The first-order valence-electron chi connectivity index (χ1n) is 6.63. The third-order valence-corrected chi connectivity index (χ3v) is 4.76. The van der Waals surface area contributed by atoms with E-state index in [1.165, 1.54) is 6.92 Å². The van der Waals surface area contributed by atoms with E-state index in [1.807, 2.05) is 24.4 Å². The number of amides is 1. The van der Waals surface area contributed by atoms with Gasteiger partial charge in [-0.2, -0.15) is 0 Å². The molecule has 0 aliphatic carbocycles. The van der Waals surface area contributed by atoms with Crippen LogP contribution in [0.4, 0.5) is 0 Å². The summed E-state index contributed by atoms with van der Waals surface area (Å²) >= 11 is 3.27. The van der Waals surface area contributed by atoms with Crippen LogP contribution in [0.15, 0.2) is 34.5 Å². The molecule has 0 radical (unpaired) electrons. The molecule has 2 rings (SSSR count). The lowest BCUT2D eigenvalue weighted by molar-refractivity contribution is -0.138. The van der Waals surface area contributed by atoms with E-state index in [9.17, 15) is 9.59 Å². The summed E-state index contributed by atoms with van der Waals surface area (Å²) in [5.41, 5.74) is 1.49. The molecule has 116 valence electrons. The zero-order valence-corrected chi connectivity index (χ0v) is 13.8. The molecule has 0 fully saturated rings. The first kappa shape index (κ1) is 16.5. The van der Waals surface area contributed by atoms with Crippen molar-refractivity contribution in [1.82, 2.24) is 10.3 Å². The van der Waals surface area contributed by atoms with E-state index in [0.29, 0.717) is 5.56 Å². The number of carbonyl (C=O) groups excluding carboxylic acids is 1. The molecule has 0 saturated heterocycles. The highest BCUT2D eigenvalue weighted by molar-refractivity contribution is 7.98. The van der Waals surface area contributed by atoms with Crippen molar-refractivity contribution < 1.29 is 14.7 Å². The fourth-order valence-electron chi connectivity index (χ4n) is 1.68. The molecule has 0 spiro atoms. The third-order valence-electron chi connectivity index (χ3n) is 2.89. The maximum atomic E-state index is 11.9. The lowest BCUT2D eigenvalue weighted by Gasteiger charge is -2.09.